The number of aryl methyl sites for hydroxylation is 2. The Balaban J connectivity index is 1.91. The smallest absolute Gasteiger partial charge is 0.302 e. The highest BCUT2D eigenvalue weighted by atomic mass is 19.4. The molecule has 2 aromatic heterocycles. The topological polar surface area (TPSA) is 88.9 Å². The van der Waals surface area contributed by atoms with Gasteiger partial charge in [-0.25, -0.2) is 9.97 Å². The van der Waals surface area contributed by atoms with E-state index in [1.807, 2.05) is 19.3 Å². The first-order valence-corrected chi connectivity index (χ1v) is 8.70. The molecule has 1 aliphatic carbocycles. The van der Waals surface area contributed by atoms with Crippen LogP contribution in [0.3, 0.4) is 0 Å². The fourth-order valence-electron chi connectivity index (χ4n) is 2.84. The van der Waals surface area contributed by atoms with Crippen molar-refractivity contribution < 1.29 is 18.0 Å². The van der Waals surface area contributed by atoms with E-state index < -0.39 is 23.1 Å². The summed E-state index contributed by atoms with van der Waals surface area (Å²) in [5.41, 5.74) is 3.02. The van der Waals surface area contributed by atoms with Crippen LogP contribution in [0.2, 0.25) is 0 Å². The number of pyridine rings is 1. The van der Waals surface area contributed by atoms with Crippen molar-refractivity contribution in [2.24, 2.45) is 5.41 Å². The molecule has 0 saturated heterocycles. The Morgan fingerprint density at radius 2 is 2.07 bits per heavy atom. The predicted octanol–water partition coefficient (Wildman–Crippen LogP) is 2.69. The summed E-state index contributed by atoms with van der Waals surface area (Å²) in [6, 6.07) is 1.78. The minimum Gasteiger partial charge on any atom is -0.302 e. The molecule has 2 N–H and O–H groups in total. The van der Waals surface area contributed by atoms with Crippen LogP contribution in [0.25, 0.3) is 11.2 Å². The number of rotatable bonds is 6. The second-order valence-electron chi connectivity index (χ2n) is 6.79. The quantitative estimate of drug-likeness (QED) is 0.749. The monoisotopic (exact) mass is 383 g/mol. The summed E-state index contributed by atoms with van der Waals surface area (Å²) in [5, 5.41) is 0. The van der Waals surface area contributed by atoms with Gasteiger partial charge in [-0.05, 0) is 37.8 Å². The lowest BCUT2D eigenvalue weighted by Crippen LogP contribution is -2.45. The van der Waals surface area contributed by atoms with E-state index in [0.29, 0.717) is 12.1 Å². The van der Waals surface area contributed by atoms with Crippen LogP contribution in [0.15, 0.2) is 17.1 Å². The van der Waals surface area contributed by atoms with Gasteiger partial charge in [0.2, 0.25) is 5.82 Å². The first kappa shape index (κ1) is 19.1. The van der Waals surface area contributed by atoms with Crippen LogP contribution in [-0.4, -0.2) is 26.6 Å². The minimum atomic E-state index is -4.63. The van der Waals surface area contributed by atoms with E-state index >= 15 is 0 Å². The molecule has 0 aromatic carbocycles. The van der Waals surface area contributed by atoms with E-state index in [2.05, 4.69) is 15.4 Å². The van der Waals surface area contributed by atoms with E-state index in [1.54, 1.807) is 12.3 Å². The third-order valence-corrected chi connectivity index (χ3v) is 4.70. The van der Waals surface area contributed by atoms with Gasteiger partial charge >= 0.3 is 6.18 Å². The molecule has 0 bridgehead atoms. The van der Waals surface area contributed by atoms with E-state index in [4.69, 9.17) is 0 Å². The van der Waals surface area contributed by atoms with Crippen LogP contribution in [0.5, 0.6) is 0 Å². The first-order chi connectivity index (χ1) is 12.7. The number of unbranched alkanes of at least 4 members (excludes halogenated alkanes) is 1. The number of hydrogen-bond donors (Lipinski definition) is 2. The van der Waals surface area contributed by atoms with Gasteiger partial charge in [0.1, 0.15) is 5.41 Å². The highest BCUT2D eigenvalue weighted by Gasteiger charge is 2.68. The summed E-state index contributed by atoms with van der Waals surface area (Å²) in [6.07, 6.45) is -2.00. The van der Waals surface area contributed by atoms with Gasteiger partial charge in [-0.15, -0.1) is 0 Å². The van der Waals surface area contributed by atoms with E-state index in [9.17, 15) is 22.8 Å². The van der Waals surface area contributed by atoms with Crippen molar-refractivity contribution in [2.45, 2.75) is 52.3 Å². The zero-order valence-corrected chi connectivity index (χ0v) is 15.0. The maximum Gasteiger partial charge on any atom is 0.403 e. The number of fused-ring (bicyclic) bond motifs is 1. The molecular formula is C17H20F3N5O2. The number of hydrazine groups is 1. The summed E-state index contributed by atoms with van der Waals surface area (Å²) in [7, 11) is 0. The van der Waals surface area contributed by atoms with E-state index in [1.165, 1.54) is 4.57 Å². The van der Waals surface area contributed by atoms with Crippen LogP contribution in [0, 0.1) is 12.3 Å². The van der Waals surface area contributed by atoms with Crippen LogP contribution in [0.4, 0.5) is 19.0 Å². The first-order valence-electron chi connectivity index (χ1n) is 8.70. The highest BCUT2D eigenvalue weighted by molar-refractivity contribution is 5.87. The third-order valence-electron chi connectivity index (χ3n) is 4.70. The largest absolute Gasteiger partial charge is 0.403 e. The maximum absolute atomic E-state index is 13.0. The molecule has 0 atom stereocenters. The molecular weight excluding hydrogens is 363 g/mol. The normalized spacial score (nSPS) is 15.6. The SMILES string of the molecule is CCCCn1c(=O)c(NNC(=O)C2(C(F)(F)F)CC2)nc2ncc(C)cc21. The minimum absolute atomic E-state index is 0.263. The highest BCUT2D eigenvalue weighted by Crippen LogP contribution is 2.57. The molecule has 0 unspecified atom stereocenters. The van der Waals surface area contributed by atoms with Gasteiger partial charge in [0.15, 0.2) is 5.65 Å². The number of anilines is 1. The van der Waals surface area contributed by atoms with Gasteiger partial charge in [0.25, 0.3) is 11.5 Å². The molecule has 1 amide bonds. The number of alkyl halides is 3. The number of carbonyl (C=O) groups is 1. The molecule has 1 fully saturated rings. The van der Waals surface area contributed by atoms with Crippen LogP contribution >= 0.6 is 0 Å². The average molecular weight is 383 g/mol. The van der Waals surface area contributed by atoms with Gasteiger partial charge in [-0.3, -0.25) is 20.4 Å². The Bertz CT molecular complexity index is 935. The zero-order chi connectivity index (χ0) is 19.8. The van der Waals surface area contributed by atoms with Crippen molar-refractivity contribution in [3.8, 4) is 0 Å². The molecule has 1 saturated carbocycles. The van der Waals surface area contributed by atoms with Crippen molar-refractivity contribution in [1.82, 2.24) is 20.0 Å². The van der Waals surface area contributed by atoms with Crippen molar-refractivity contribution in [3.63, 3.8) is 0 Å². The van der Waals surface area contributed by atoms with Gasteiger partial charge in [0, 0.05) is 12.7 Å². The molecule has 1 aliphatic rings. The molecule has 0 aliphatic heterocycles. The van der Waals surface area contributed by atoms with Crippen LogP contribution in [0.1, 0.15) is 38.2 Å². The number of carbonyl (C=O) groups excluding carboxylic acids is 1. The van der Waals surface area contributed by atoms with E-state index in [0.717, 1.165) is 18.4 Å². The molecule has 3 rings (SSSR count). The molecule has 2 aromatic rings. The number of amides is 1. The van der Waals surface area contributed by atoms with Gasteiger partial charge in [-0.1, -0.05) is 13.3 Å². The lowest BCUT2D eigenvalue weighted by Gasteiger charge is -2.19. The Morgan fingerprint density at radius 1 is 1.37 bits per heavy atom. The summed E-state index contributed by atoms with van der Waals surface area (Å²) in [5.74, 6) is -1.48. The fourth-order valence-corrected chi connectivity index (χ4v) is 2.84. The van der Waals surface area contributed by atoms with Gasteiger partial charge in [0.05, 0.1) is 5.52 Å². The molecule has 27 heavy (non-hydrogen) atoms. The molecule has 7 nitrogen and oxygen atoms in total. The summed E-state index contributed by atoms with van der Waals surface area (Å²) in [4.78, 5) is 32.9. The van der Waals surface area contributed by atoms with Gasteiger partial charge in [-0.2, -0.15) is 13.2 Å². The fraction of sp³-hybridized carbons (Fsp3) is 0.529. The van der Waals surface area contributed by atoms with Crippen LogP contribution < -0.4 is 16.4 Å². The van der Waals surface area contributed by atoms with Crippen molar-refractivity contribution in [2.75, 3.05) is 5.43 Å². The Labute approximate surface area is 153 Å². The molecule has 146 valence electrons. The third kappa shape index (κ3) is 3.47. The molecule has 2 heterocycles. The zero-order valence-electron chi connectivity index (χ0n) is 15.0. The Kier molecular flexibility index (Phi) is 4.83. The number of hydrogen-bond acceptors (Lipinski definition) is 5. The van der Waals surface area contributed by atoms with Gasteiger partial charge < -0.3 is 4.57 Å². The van der Waals surface area contributed by atoms with E-state index in [-0.39, 0.29) is 24.3 Å². The van der Waals surface area contributed by atoms with Crippen LogP contribution in [-0.2, 0) is 11.3 Å². The average Bonchev–Trinajstić information content (AvgIpc) is 3.41. The lowest BCUT2D eigenvalue weighted by molar-refractivity contribution is -0.192. The number of aromatic nitrogens is 3. The predicted molar refractivity (Wildman–Crippen MR) is 92.9 cm³/mol. The summed E-state index contributed by atoms with van der Waals surface area (Å²) in [6.45, 7) is 4.22. The maximum atomic E-state index is 13.0. The Hall–Kier alpha value is -2.65. The number of halogens is 3. The molecule has 10 heteroatoms. The summed E-state index contributed by atoms with van der Waals surface area (Å²) >= 11 is 0. The van der Waals surface area contributed by atoms with Crippen molar-refractivity contribution in [3.05, 3.63) is 28.2 Å². The molecule has 0 radical (unpaired) electrons. The number of nitrogens with zero attached hydrogens (tertiary/aromatic N) is 3. The lowest BCUT2D eigenvalue weighted by atomic mass is 10.1. The van der Waals surface area contributed by atoms with Crippen molar-refractivity contribution in [1.29, 1.82) is 0 Å². The molecule has 0 spiro atoms. The Morgan fingerprint density at radius 3 is 2.67 bits per heavy atom. The second kappa shape index (κ2) is 6.82. The van der Waals surface area contributed by atoms with Crippen molar-refractivity contribution >= 4 is 22.9 Å². The standard InChI is InChI=1S/C17H20F3N5O2/c1-3-4-7-25-11-8-10(2)9-21-12(11)22-13(14(25)26)23-24-15(27)16(5-6-16)17(18,19)20/h8-9H,3-7H2,1-2H3,(H,24,27)(H,21,22,23). The summed E-state index contributed by atoms with van der Waals surface area (Å²) < 4.78 is 40.5. The number of nitrogens with one attached hydrogen (secondary N) is 2. The second-order valence-corrected chi connectivity index (χ2v) is 6.79.